The molecule has 1 fully saturated rings. The Morgan fingerprint density at radius 3 is 2.86 bits per heavy atom. The average molecular weight is 117 g/mol. The maximum atomic E-state index is 3.31. The molecule has 0 radical (unpaired) electrons. The van der Waals surface area contributed by atoms with Gasteiger partial charge in [-0.3, -0.25) is 0 Å². The SMILES string of the molecule is PCC1CCNC1. The van der Waals surface area contributed by atoms with E-state index in [1.807, 2.05) is 0 Å². The third kappa shape index (κ3) is 1.40. The second-order valence-electron chi connectivity index (χ2n) is 2.09. The van der Waals surface area contributed by atoms with Crippen molar-refractivity contribution in [3.8, 4) is 0 Å². The fourth-order valence-corrected chi connectivity index (χ4v) is 1.32. The smallest absolute Gasteiger partial charge is 0.00168 e. The van der Waals surface area contributed by atoms with E-state index in [4.69, 9.17) is 0 Å². The quantitative estimate of drug-likeness (QED) is 0.492. The maximum Gasteiger partial charge on any atom is -0.00168 e. The van der Waals surface area contributed by atoms with Gasteiger partial charge in [0.2, 0.25) is 0 Å². The lowest BCUT2D eigenvalue weighted by molar-refractivity contribution is 0.663. The Bertz CT molecular complexity index is 50.0. The first kappa shape index (κ1) is 5.53. The van der Waals surface area contributed by atoms with Crippen LogP contribution in [0, 0.1) is 5.92 Å². The molecule has 42 valence electrons. The van der Waals surface area contributed by atoms with Crippen molar-refractivity contribution in [3.05, 3.63) is 0 Å². The highest BCUT2D eigenvalue weighted by atomic mass is 31.0. The van der Waals surface area contributed by atoms with E-state index in [-0.39, 0.29) is 0 Å². The Labute approximate surface area is 47.1 Å². The minimum atomic E-state index is 0.949. The zero-order valence-electron chi connectivity index (χ0n) is 4.48. The maximum absolute atomic E-state index is 3.31. The second-order valence-corrected chi connectivity index (χ2v) is 2.57. The van der Waals surface area contributed by atoms with E-state index in [0.717, 1.165) is 5.92 Å². The van der Waals surface area contributed by atoms with Crippen LogP contribution in [0.15, 0.2) is 0 Å². The molecule has 7 heavy (non-hydrogen) atoms. The summed E-state index contributed by atoms with van der Waals surface area (Å²) in [6, 6.07) is 0. The van der Waals surface area contributed by atoms with Crippen molar-refractivity contribution >= 4 is 9.24 Å². The highest BCUT2D eigenvalue weighted by molar-refractivity contribution is 7.16. The Morgan fingerprint density at radius 1 is 1.71 bits per heavy atom. The summed E-state index contributed by atoms with van der Waals surface area (Å²) >= 11 is 0. The van der Waals surface area contributed by atoms with Crippen LogP contribution in [0.5, 0.6) is 0 Å². The number of hydrogen-bond donors (Lipinski definition) is 1. The molecule has 1 aliphatic heterocycles. The van der Waals surface area contributed by atoms with Crippen LogP contribution in [0.4, 0.5) is 0 Å². The summed E-state index contributed by atoms with van der Waals surface area (Å²) < 4.78 is 0. The van der Waals surface area contributed by atoms with Gasteiger partial charge in [-0.05, 0) is 31.6 Å². The highest BCUT2D eigenvalue weighted by Gasteiger charge is 2.10. The minimum Gasteiger partial charge on any atom is -0.316 e. The van der Waals surface area contributed by atoms with Gasteiger partial charge >= 0.3 is 0 Å². The molecule has 0 aromatic carbocycles. The van der Waals surface area contributed by atoms with Crippen molar-refractivity contribution in [1.82, 2.24) is 5.32 Å². The van der Waals surface area contributed by atoms with Gasteiger partial charge in [-0.15, -0.1) is 9.24 Å². The van der Waals surface area contributed by atoms with Gasteiger partial charge in [0.1, 0.15) is 0 Å². The van der Waals surface area contributed by atoms with Crippen LogP contribution in [0.25, 0.3) is 0 Å². The van der Waals surface area contributed by atoms with E-state index >= 15 is 0 Å². The van der Waals surface area contributed by atoms with E-state index in [9.17, 15) is 0 Å². The monoisotopic (exact) mass is 117 g/mol. The van der Waals surface area contributed by atoms with E-state index in [1.165, 1.54) is 25.7 Å². The van der Waals surface area contributed by atoms with Crippen molar-refractivity contribution in [2.24, 2.45) is 5.92 Å². The lowest BCUT2D eigenvalue weighted by Crippen LogP contribution is -2.09. The van der Waals surface area contributed by atoms with Crippen molar-refractivity contribution in [3.63, 3.8) is 0 Å². The predicted molar refractivity (Wildman–Crippen MR) is 35.6 cm³/mol. The molecule has 0 bridgehead atoms. The summed E-state index contributed by atoms with van der Waals surface area (Å²) in [4.78, 5) is 0. The van der Waals surface area contributed by atoms with Crippen LogP contribution in [0.3, 0.4) is 0 Å². The Kier molecular flexibility index (Phi) is 2.08. The molecule has 0 saturated carbocycles. The molecule has 1 nitrogen and oxygen atoms in total. The molecule has 0 aromatic rings. The van der Waals surface area contributed by atoms with Crippen molar-refractivity contribution in [2.45, 2.75) is 6.42 Å². The first-order valence-corrected chi connectivity index (χ1v) is 3.66. The molecule has 2 heteroatoms. The second kappa shape index (κ2) is 2.64. The molecule has 1 N–H and O–H groups in total. The van der Waals surface area contributed by atoms with E-state index in [0.29, 0.717) is 0 Å². The van der Waals surface area contributed by atoms with Gasteiger partial charge < -0.3 is 5.32 Å². The zero-order valence-corrected chi connectivity index (χ0v) is 5.64. The fourth-order valence-electron chi connectivity index (χ4n) is 0.916. The van der Waals surface area contributed by atoms with Gasteiger partial charge in [0.05, 0.1) is 0 Å². The Hall–Kier alpha value is 0.390. The molecule has 0 aromatic heterocycles. The summed E-state index contributed by atoms with van der Waals surface area (Å²) in [6.07, 6.45) is 2.65. The summed E-state index contributed by atoms with van der Waals surface area (Å²) in [5, 5.41) is 3.31. The van der Waals surface area contributed by atoms with Crippen LogP contribution in [-0.4, -0.2) is 19.3 Å². The Morgan fingerprint density at radius 2 is 2.57 bits per heavy atom. The van der Waals surface area contributed by atoms with Crippen LogP contribution in [0.1, 0.15) is 6.42 Å². The molecule has 1 rings (SSSR count). The van der Waals surface area contributed by atoms with Gasteiger partial charge in [-0.25, -0.2) is 0 Å². The third-order valence-corrected chi connectivity index (χ3v) is 2.16. The number of nitrogens with one attached hydrogen (secondary N) is 1. The summed E-state index contributed by atoms with van der Waals surface area (Å²) in [5.74, 6) is 0.949. The predicted octanol–water partition coefficient (Wildman–Crippen LogP) is 0.471. The minimum absolute atomic E-state index is 0.949. The molecule has 1 saturated heterocycles. The molecule has 2 unspecified atom stereocenters. The molecule has 0 aliphatic carbocycles. The molecular weight excluding hydrogens is 105 g/mol. The third-order valence-electron chi connectivity index (χ3n) is 1.50. The van der Waals surface area contributed by atoms with Crippen LogP contribution in [0.2, 0.25) is 0 Å². The van der Waals surface area contributed by atoms with E-state index in [2.05, 4.69) is 14.6 Å². The molecule has 1 aliphatic rings. The van der Waals surface area contributed by atoms with Gasteiger partial charge in [0.25, 0.3) is 0 Å². The topological polar surface area (TPSA) is 12.0 Å². The van der Waals surface area contributed by atoms with Crippen molar-refractivity contribution < 1.29 is 0 Å². The average Bonchev–Trinajstić information content (AvgIpc) is 2.14. The molecule has 0 spiro atoms. The van der Waals surface area contributed by atoms with Gasteiger partial charge in [0.15, 0.2) is 0 Å². The van der Waals surface area contributed by atoms with Gasteiger partial charge in [-0.1, -0.05) is 0 Å². The summed E-state index contributed by atoms with van der Waals surface area (Å²) in [5.41, 5.74) is 0. The summed E-state index contributed by atoms with van der Waals surface area (Å²) in [7, 11) is 2.78. The van der Waals surface area contributed by atoms with Crippen LogP contribution >= 0.6 is 9.24 Å². The fraction of sp³-hybridized carbons (Fsp3) is 1.00. The van der Waals surface area contributed by atoms with Crippen LogP contribution < -0.4 is 5.32 Å². The van der Waals surface area contributed by atoms with Crippen molar-refractivity contribution in [1.29, 1.82) is 0 Å². The largest absolute Gasteiger partial charge is 0.316 e. The van der Waals surface area contributed by atoms with Gasteiger partial charge in [0, 0.05) is 0 Å². The van der Waals surface area contributed by atoms with Crippen LogP contribution in [-0.2, 0) is 0 Å². The molecule has 0 amide bonds. The lowest BCUT2D eigenvalue weighted by Gasteiger charge is -1.98. The normalized spacial score (nSPS) is 31.3. The van der Waals surface area contributed by atoms with Gasteiger partial charge in [-0.2, -0.15) is 0 Å². The summed E-state index contributed by atoms with van der Waals surface area (Å²) in [6.45, 7) is 2.47. The van der Waals surface area contributed by atoms with E-state index in [1.54, 1.807) is 0 Å². The highest BCUT2D eigenvalue weighted by Crippen LogP contribution is 2.09. The number of rotatable bonds is 1. The Balaban J connectivity index is 2.14. The molecule has 2 atom stereocenters. The molecule has 1 heterocycles. The van der Waals surface area contributed by atoms with Crippen molar-refractivity contribution in [2.75, 3.05) is 19.3 Å². The molecular formula is C5H12NP. The standard InChI is InChI=1S/C5H12NP/c7-4-5-1-2-6-3-5/h5-6H,1-4,7H2. The first-order chi connectivity index (χ1) is 3.43. The zero-order chi connectivity index (χ0) is 5.11. The first-order valence-electron chi connectivity index (χ1n) is 2.84. The lowest BCUT2D eigenvalue weighted by atomic mass is 10.2. The van der Waals surface area contributed by atoms with E-state index < -0.39 is 0 Å². The number of hydrogen-bond acceptors (Lipinski definition) is 1.